The van der Waals surface area contributed by atoms with E-state index >= 15 is 0 Å². The normalized spacial score (nSPS) is 15.4. The first-order valence-electron chi connectivity index (χ1n) is 5.89. The summed E-state index contributed by atoms with van der Waals surface area (Å²) in [6.07, 6.45) is 3.49. The largest absolute Gasteiger partial charge is 0.361 e. The zero-order valence-corrected chi connectivity index (χ0v) is 9.93. The van der Waals surface area contributed by atoms with Crippen LogP contribution in [0.1, 0.15) is 47.3 Å². The molecule has 94 valence electrons. The van der Waals surface area contributed by atoms with Crippen LogP contribution in [0.2, 0.25) is 0 Å². The molecule has 0 saturated heterocycles. The molecule has 0 aliphatic heterocycles. The summed E-state index contributed by atoms with van der Waals surface area (Å²) in [6.45, 7) is 1.73. The van der Waals surface area contributed by atoms with Gasteiger partial charge in [0, 0.05) is 12.0 Å². The highest BCUT2D eigenvalue weighted by atomic mass is 16.5. The maximum atomic E-state index is 11.8. The van der Waals surface area contributed by atoms with Gasteiger partial charge in [0.2, 0.25) is 5.95 Å². The number of nitrogens with one attached hydrogen (secondary N) is 2. The number of nitrogens with zero attached hydrogens (tertiary/aromatic N) is 3. The fraction of sp³-hybridized carbons (Fsp3) is 0.455. The van der Waals surface area contributed by atoms with Crippen LogP contribution in [0.25, 0.3) is 0 Å². The van der Waals surface area contributed by atoms with Gasteiger partial charge in [-0.1, -0.05) is 11.6 Å². The Balaban J connectivity index is 1.68. The summed E-state index contributed by atoms with van der Waals surface area (Å²) in [6, 6.07) is 1.56. The van der Waals surface area contributed by atoms with Crippen molar-refractivity contribution in [2.24, 2.45) is 0 Å². The van der Waals surface area contributed by atoms with Gasteiger partial charge in [-0.25, -0.2) is 0 Å². The summed E-state index contributed by atoms with van der Waals surface area (Å²) in [5, 5.41) is 13.0. The van der Waals surface area contributed by atoms with Gasteiger partial charge in [0.1, 0.15) is 11.6 Å². The lowest BCUT2D eigenvalue weighted by Crippen LogP contribution is -2.14. The van der Waals surface area contributed by atoms with Gasteiger partial charge < -0.3 is 4.52 Å². The van der Waals surface area contributed by atoms with Crippen molar-refractivity contribution in [1.29, 1.82) is 0 Å². The van der Waals surface area contributed by atoms with Crippen LogP contribution < -0.4 is 5.32 Å². The molecule has 1 aliphatic carbocycles. The standard InChI is InChI=1S/C11H13N5O2/c1-6-5-8(16-18-6)10(17)13-11-12-9(14-15-11)7-3-2-4-7/h5,7H,2-4H2,1H3,(H2,12,13,14,15,17). The molecule has 0 aromatic carbocycles. The molecule has 3 rings (SSSR count). The number of aryl methyl sites for hydroxylation is 1. The summed E-state index contributed by atoms with van der Waals surface area (Å²) < 4.78 is 4.83. The molecule has 0 spiro atoms. The number of carbonyl (C=O) groups excluding carboxylic acids is 1. The molecule has 1 aliphatic rings. The maximum absolute atomic E-state index is 11.8. The van der Waals surface area contributed by atoms with E-state index in [0.29, 0.717) is 11.7 Å². The van der Waals surface area contributed by atoms with Gasteiger partial charge in [0.25, 0.3) is 5.91 Å². The number of aromatic nitrogens is 4. The van der Waals surface area contributed by atoms with E-state index in [1.54, 1.807) is 13.0 Å². The molecule has 7 nitrogen and oxygen atoms in total. The fourth-order valence-electron chi connectivity index (χ4n) is 1.83. The lowest BCUT2D eigenvalue weighted by Gasteiger charge is -2.22. The van der Waals surface area contributed by atoms with Crippen LogP contribution in [-0.2, 0) is 0 Å². The zero-order chi connectivity index (χ0) is 12.5. The Morgan fingerprint density at radius 3 is 3.00 bits per heavy atom. The molecule has 0 radical (unpaired) electrons. The predicted octanol–water partition coefficient (Wildman–Crippen LogP) is 1.62. The number of hydrogen-bond donors (Lipinski definition) is 2. The molecular weight excluding hydrogens is 234 g/mol. The van der Waals surface area contributed by atoms with E-state index in [4.69, 9.17) is 4.52 Å². The second kappa shape index (κ2) is 4.25. The number of carbonyl (C=O) groups is 1. The average Bonchev–Trinajstić information content (AvgIpc) is 2.85. The number of rotatable bonds is 3. The molecular formula is C11H13N5O2. The van der Waals surface area contributed by atoms with Gasteiger partial charge in [0.15, 0.2) is 5.69 Å². The predicted molar refractivity (Wildman–Crippen MR) is 62.2 cm³/mol. The van der Waals surface area contributed by atoms with Crippen LogP contribution >= 0.6 is 0 Å². The first-order chi connectivity index (χ1) is 8.72. The third-order valence-electron chi connectivity index (χ3n) is 3.08. The average molecular weight is 247 g/mol. The van der Waals surface area contributed by atoms with Gasteiger partial charge in [0.05, 0.1) is 0 Å². The third kappa shape index (κ3) is 1.99. The van der Waals surface area contributed by atoms with Crippen LogP contribution in [0.5, 0.6) is 0 Å². The molecule has 1 amide bonds. The summed E-state index contributed by atoms with van der Waals surface area (Å²) in [7, 11) is 0. The second-order valence-corrected chi connectivity index (χ2v) is 4.45. The molecule has 18 heavy (non-hydrogen) atoms. The SMILES string of the molecule is Cc1cc(C(=O)Nc2n[nH]c(C3CCC3)n2)no1. The van der Waals surface area contributed by atoms with Crippen molar-refractivity contribution >= 4 is 11.9 Å². The number of hydrogen-bond acceptors (Lipinski definition) is 5. The summed E-state index contributed by atoms with van der Waals surface area (Å²) >= 11 is 0. The van der Waals surface area contributed by atoms with E-state index in [9.17, 15) is 4.79 Å². The molecule has 2 aromatic heterocycles. The Hall–Kier alpha value is -2.18. The van der Waals surface area contributed by atoms with Crippen LogP contribution in [0, 0.1) is 6.92 Å². The molecule has 2 heterocycles. The minimum atomic E-state index is -0.369. The summed E-state index contributed by atoms with van der Waals surface area (Å²) in [4.78, 5) is 16.0. The van der Waals surface area contributed by atoms with Gasteiger partial charge in [-0.3, -0.25) is 15.2 Å². The number of amides is 1. The van der Waals surface area contributed by atoms with Gasteiger partial charge in [-0.05, 0) is 19.8 Å². The lowest BCUT2D eigenvalue weighted by atomic mass is 9.85. The Morgan fingerprint density at radius 2 is 2.39 bits per heavy atom. The zero-order valence-electron chi connectivity index (χ0n) is 9.93. The van der Waals surface area contributed by atoms with Crippen LogP contribution in [0.3, 0.4) is 0 Å². The van der Waals surface area contributed by atoms with Crippen molar-refractivity contribution in [3.05, 3.63) is 23.3 Å². The minimum absolute atomic E-state index is 0.225. The number of anilines is 1. The van der Waals surface area contributed by atoms with E-state index in [1.807, 2.05) is 0 Å². The van der Waals surface area contributed by atoms with E-state index in [1.165, 1.54) is 6.42 Å². The van der Waals surface area contributed by atoms with E-state index in [0.717, 1.165) is 18.7 Å². The lowest BCUT2D eigenvalue weighted by molar-refractivity contribution is 0.101. The Bertz CT molecular complexity index is 570. The summed E-state index contributed by atoms with van der Waals surface area (Å²) in [5.74, 6) is 1.80. The van der Waals surface area contributed by atoms with Crippen molar-refractivity contribution in [3.8, 4) is 0 Å². The third-order valence-corrected chi connectivity index (χ3v) is 3.08. The molecule has 2 aromatic rings. The van der Waals surface area contributed by atoms with Crippen molar-refractivity contribution in [1.82, 2.24) is 20.3 Å². The molecule has 0 bridgehead atoms. The van der Waals surface area contributed by atoms with Crippen LogP contribution in [0.4, 0.5) is 5.95 Å². The maximum Gasteiger partial charge on any atom is 0.280 e. The van der Waals surface area contributed by atoms with Gasteiger partial charge in [-0.15, -0.1) is 5.10 Å². The monoisotopic (exact) mass is 247 g/mol. The van der Waals surface area contributed by atoms with Crippen molar-refractivity contribution < 1.29 is 9.32 Å². The minimum Gasteiger partial charge on any atom is -0.361 e. The molecule has 2 N–H and O–H groups in total. The quantitative estimate of drug-likeness (QED) is 0.859. The molecule has 0 atom stereocenters. The van der Waals surface area contributed by atoms with Crippen LogP contribution in [0.15, 0.2) is 10.6 Å². The van der Waals surface area contributed by atoms with Crippen molar-refractivity contribution in [2.75, 3.05) is 5.32 Å². The molecule has 7 heteroatoms. The van der Waals surface area contributed by atoms with E-state index in [2.05, 4.69) is 25.7 Å². The number of H-pyrrole nitrogens is 1. The molecule has 1 saturated carbocycles. The van der Waals surface area contributed by atoms with Crippen LogP contribution in [-0.4, -0.2) is 26.2 Å². The van der Waals surface area contributed by atoms with Crippen molar-refractivity contribution in [2.45, 2.75) is 32.1 Å². The highest BCUT2D eigenvalue weighted by molar-refractivity contribution is 6.01. The summed E-state index contributed by atoms with van der Waals surface area (Å²) in [5.41, 5.74) is 0.225. The molecule has 1 fully saturated rings. The second-order valence-electron chi connectivity index (χ2n) is 4.45. The Kier molecular flexibility index (Phi) is 2.58. The van der Waals surface area contributed by atoms with Gasteiger partial charge >= 0.3 is 0 Å². The Labute approximate surface area is 103 Å². The topological polar surface area (TPSA) is 96.7 Å². The smallest absolute Gasteiger partial charge is 0.280 e. The first-order valence-corrected chi connectivity index (χ1v) is 5.89. The van der Waals surface area contributed by atoms with E-state index < -0.39 is 0 Å². The van der Waals surface area contributed by atoms with E-state index in [-0.39, 0.29) is 17.5 Å². The fourth-order valence-corrected chi connectivity index (χ4v) is 1.83. The highest BCUT2D eigenvalue weighted by Crippen LogP contribution is 2.34. The Morgan fingerprint density at radius 1 is 1.56 bits per heavy atom. The first kappa shape index (κ1) is 10.9. The number of aromatic amines is 1. The van der Waals surface area contributed by atoms with Crippen molar-refractivity contribution in [3.63, 3.8) is 0 Å². The highest BCUT2D eigenvalue weighted by Gasteiger charge is 2.23. The van der Waals surface area contributed by atoms with Gasteiger partial charge in [-0.2, -0.15) is 4.98 Å². The molecule has 0 unspecified atom stereocenters.